The largest absolute Gasteiger partial charge is 0.461 e. The van der Waals surface area contributed by atoms with Crippen LogP contribution in [0, 0.1) is 0 Å². The van der Waals surface area contributed by atoms with E-state index in [9.17, 15) is 9.59 Å². The average molecular weight is 422 g/mol. The molecule has 0 radical (unpaired) electrons. The molecule has 1 unspecified atom stereocenters. The van der Waals surface area contributed by atoms with Crippen molar-refractivity contribution >= 4 is 23.8 Å². The van der Waals surface area contributed by atoms with Crippen LogP contribution in [0.5, 0.6) is 0 Å². The molecule has 0 saturated carbocycles. The van der Waals surface area contributed by atoms with Crippen LogP contribution in [0.25, 0.3) is 0 Å². The van der Waals surface area contributed by atoms with Crippen molar-refractivity contribution in [3.05, 3.63) is 17.3 Å². The topological polar surface area (TPSA) is 112 Å². The number of hydrogen-bond donors (Lipinski definition) is 2. The number of hydrogen-bond acceptors (Lipinski definition) is 7. The fourth-order valence-corrected chi connectivity index (χ4v) is 3.31. The number of alkyl carbamates (subject to hydrolysis) is 1. The fraction of sp³-hybridized carbons (Fsp3) is 0.667. The highest BCUT2D eigenvalue weighted by molar-refractivity contribution is 5.93. The molecule has 0 spiro atoms. The molecule has 1 atom stereocenters. The van der Waals surface area contributed by atoms with E-state index in [0.717, 1.165) is 25.0 Å². The van der Waals surface area contributed by atoms with Crippen molar-refractivity contribution in [2.75, 3.05) is 30.3 Å². The summed E-state index contributed by atoms with van der Waals surface area (Å²) in [5.74, 6) is 0.257. The Kier molecular flexibility index (Phi) is 7.75. The van der Waals surface area contributed by atoms with Crippen molar-refractivity contribution in [1.29, 1.82) is 0 Å². The first-order valence-corrected chi connectivity index (χ1v) is 10.4. The van der Waals surface area contributed by atoms with Crippen LogP contribution in [-0.4, -0.2) is 53.0 Å². The second-order valence-corrected chi connectivity index (χ2v) is 8.69. The van der Waals surface area contributed by atoms with E-state index in [2.05, 4.69) is 10.3 Å². The second-order valence-electron chi connectivity index (χ2n) is 8.69. The number of carbonyl (C=O) groups is 2. The summed E-state index contributed by atoms with van der Waals surface area (Å²) in [5.41, 5.74) is 6.92. The lowest BCUT2D eigenvalue weighted by atomic mass is 10.1. The molecule has 1 saturated heterocycles. The summed E-state index contributed by atoms with van der Waals surface area (Å²) in [6, 6.07) is -0.0885. The van der Waals surface area contributed by atoms with Crippen LogP contribution in [0.3, 0.4) is 0 Å². The highest BCUT2D eigenvalue weighted by Crippen LogP contribution is 2.26. The predicted octanol–water partition coefficient (Wildman–Crippen LogP) is 3.10. The Hall–Kier alpha value is -2.71. The number of esters is 1. The molecule has 1 aromatic rings. The molecule has 3 N–H and O–H groups in total. The highest BCUT2D eigenvalue weighted by Gasteiger charge is 2.30. The smallest absolute Gasteiger partial charge is 0.407 e. The highest BCUT2D eigenvalue weighted by atomic mass is 16.6. The molecule has 1 amide bonds. The molecule has 9 nitrogen and oxygen atoms in total. The van der Waals surface area contributed by atoms with Gasteiger partial charge in [0, 0.05) is 25.7 Å². The van der Waals surface area contributed by atoms with Crippen molar-refractivity contribution < 1.29 is 19.1 Å². The third kappa shape index (κ3) is 6.40. The first-order valence-electron chi connectivity index (χ1n) is 10.4. The zero-order chi connectivity index (χ0) is 22.5. The number of piperidine rings is 1. The molecule has 1 aliphatic heterocycles. The van der Waals surface area contributed by atoms with Crippen LogP contribution >= 0.6 is 0 Å². The van der Waals surface area contributed by atoms with Gasteiger partial charge in [-0.25, -0.2) is 9.59 Å². The fourth-order valence-electron chi connectivity index (χ4n) is 3.31. The van der Waals surface area contributed by atoms with Gasteiger partial charge in [0.05, 0.1) is 6.61 Å². The third-order valence-electron chi connectivity index (χ3n) is 4.55. The molecule has 30 heavy (non-hydrogen) atoms. The van der Waals surface area contributed by atoms with Gasteiger partial charge in [0.1, 0.15) is 5.60 Å². The maximum absolute atomic E-state index is 12.5. The van der Waals surface area contributed by atoms with Crippen molar-refractivity contribution in [2.24, 2.45) is 0 Å². The lowest BCUT2D eigenvalue weighted by Gasteiger charge is -2.34. The van der Waals surface area contributed by atoms with Crippen LogP contribution in [0.4, 0.5) is 16.6 Å². The van der Waals surface area contributed by atoms with Gasteiger partial charge in [-0.05, 0) is 54.4 Å². The number of nitrogen functional groups attached to an aromatic ring is 1. The Morgan fingerprint density at radius 3 is 2.63 bits per heavy atom. The van der Waals surface area contributed by atoms with E-state index in [-0.39, 0.29) is 24.2 Å². The zero-order valence-electron chi connectivity index (χ0n) is 18.9. The third-order valence-corrected chi connectivity index (χ3v) is 4.55. The first kappa shape index (κ1) is 23.6. The van der Waals surface area contributed by atoms with Crippen molar-refractivity contribution in [1.82, 2.24) is 14.9 Å². The first-order chi connectivity index (χ1) is 14.0. The molecule has 1 fully saturated rings. The van der Waals surface area contributed by atoms with Crippen molar-refractivity contribution in [3.8, 4) is 0 Å². The summed E-state index contributed by atoms with van der Waals surface area (Å²) < 4.78 is 12.3. The Morgan fingerprint density at radius 1 is 1.33 bits per heavy atom. The molecule has 9 heteroatoms. The summed E-state index contributed by atoms with van der Waals surface area (Å²) in [6.45, 7) is 13.2. The number of amides is 1. The van der Waals surface area contributed by atoms with Crippen LogP contribution in [0.15, 0.2) is 11.6 Å². The number of nitrogens with two attached hydrogens (primary N) is 1. The molecular weight excluding hydrogens is 386 g/mol. The van der Waals surface area contributed by atoms with Crippen LogP contribution in [0.1, 0.15) is 64.9 Å². The van der Waals surface area contributed by atoms with Crippen LogP contribution in [-0.2, 0) is 16.0 Å². The van der Waals surface area contributed by atoms with Crippen LogP contribution < -0.4 is 16.0 Å². The van der Waals surface area contributed by atoms with Gasteiger partial charge < -0.3 is 25.4 Å². The van der Waals surface area contributed by atoms with Gasteiger partial charge in [0.2, 0.25) is 5.95 Å². The molecule has 0 aromatic carbocycles. The van der Waals surface area contributed by atoms with E-state index < -0.39 is 17.7 Å². The molecule has 1 aliphatic rings. The number of nitrogens with one attached hydrogen (secondary N) is 1. The summed E-state index contributed by atoms with van der Waals surface area (Å²) in [4.78, 5) is 31.2. The zero-order valence-corrected chi connectivity index (χ0v) is 18.9. The number of anilines is 2. The molecular formula is C21H35N5O4. The summed E-state index contributed by atoms with van der Waals surface area (Å²) in [7, 11) is 0. The minimum atomic E-state index is -0.554. The number of nitrogens with zero attached hydrogens (tertiary/aromatic N) is 3. The lowest BCUT2D eigenvalue weighted by molar-refractivity contribution is 0.0496. The Labute approximate surface area is 178 Å². The number of aromatic nitrogens is 2. The Bertz CT molecular complexity index is 790. The predicted molar refractivity (Wildman–Crippen MR) is 117 cm³/mol. The molecule has 2 rings (SSSR count). The number of carbonyl (C=O) groups excluding carboxylic acids is 2. The number of imidazole rings is 1. The van der Waals surface area contributed by atoms with E-state index in [0.29, 0.717) is 19.0 Å². The molecule has 0 aliphatic carbocycles. The number of allylic oxidation sites excluding steroid dienone is 2. The molecule has 0 bridgehead atoms. The standard InChI is InChI=1S/C21H35N5O4/c1-7-29-18(27)16-17(22)24-19(26(16)12-10-14(2)3)25-11-8-9-15(13-25)23-20(28)30-21(4,5)6/h10,15H,7-9,11-13,22H2,1-6H3,(H,23,28). The van der Waals surface area contributed by atoms with E-state index in [1.54, 1.807) is 11.5 Å². The minimum absolute atomic E-state index is 0.0885. The molecule has 2 heterocycles. The van der Waals surface area contributed by atoms with Crippen LogP contribution in [0.2, 0.25) is 0 Å². The van der Waals surface area contributed by atoms with Gasteiger partial charge in [-0.2, -0.15) is 4.98 Å². The van der Waals surface area contributed by atoms with Gasteiger partial charge in [-0.3, -0.25) is 4.57 Å². The molecule has 168 valence electrons. The lowest BCUT2D eigenvalue weighted by Crippen LogP contribution is -2.49. The minimum Gasteiger partial charge on any atom is -0.461 e. The van der Waals surface area contributed by atoms with Gasteiger partial charge >= 0.3 is 12.1 Å². The monoisotopic (exact) mass is 421 g/mol. The Morgan fingerprint density at radius 2 is 2.03 bits per heavy atom. The van der Waals surface area contributed by atoms with E-state index in [1.807, 2.05) is 45.6 Å². The number of rotatable bonds is 6. The second kappa shape index (κ2) is 9.86. The van der Waals surface area contributed by atoms with Gasteiger partial charge in [0.25, 0.3) is 0 Å². The van der Waals surface area contributed by atoms with Crippen molar-refractivity contribution in [3.63, 3.8) is 0 Å². The summed E-state index contributed by atoms with van der Waals surface area (Å²) in [5, 5.41) is 2.93. The average Bonchev–Trinajstić information content (AvgIpc) is 2.95. The number of ether oxygens (including phenoxy) is 2. The summed E-state index contributed by atoms with van der Waals surface area (Å²) >= 11 is 0. The maximum atomic E-state index is 12.5. The van der Waals surface area contributed by atoms with Crippen molar-refractivity contribution in [2.45, 2.75) is 72.6 Å². The van der Waals surface area contributed by atoms with Gasteiger partial charge in [-0.1, -0.05) is 11.6 Å². The van der Waals surface area contributed by atoms with E-state index in [4.69, 9.17) is 15.2 Å². The van der Waals surface area contributed by atoms with E-state index >= 15 is 0 Å². The maximum Gasteiger partial charge on any atom is 0.407 e. The normalized spacial score (nSPS) is 16.7. The van der Waals surface area contributed by atoms with Gasteiger partial charge in [-0.15, -0.1) is 0 Å². The summed E-state index contributed by atoms with van der Waals surface area (Å²) in [6.07, 6.45) is 3.28. The SMILES string of the molecule is CCOC(=O)c1c(N)nc(N2CCCC(NC(=O)OC(C)(C)C)C2)n1CC=C(C)C. The quantitative estimate of drug-likeness (QED) is 0.536. The van der Waals surface area contributed by atoms with Gasteiger partial charge in [0.15, 0.2) is 11.5 Å². The molecule has 1 aromatic heterocycles. The Balaban J connectivity index is 2.26. The van der Waals surface area contributed by atoms with E-state index in [1.165, 1.54) is 0 Å².